The minimum atomic E-state index is -0.723. The summed E-state index contributed by atoms with van der Waals surface area (Å²) in [4.78, 5) is 24.0. The van der Waals surface area contributed by atoms with Crippen molar-refractivity contribution >= 4 is 11.9 Å². The van der Waals surface area contributed by atoms with E-state index in [-0.39, 0.29) is 29.9 Å². The van der Waals surface area contributed by atoms with Crippen molar-refractivity contribution in [3.8, 4) is 5.75 Å². The maximum absolute atomic E-state index is 12.1. The molecule has 5 heteroatoms. The van der Waals surface area contributed by atoms with Gasteiger partial charge in [0.2, 0.25) is 0 Å². The van der Waals surface area contributed by atoms with Gasteiger partial charge in [-0.15, -0.1) is 0 Å². The Labute approximate surface area is 153 Å². The summed E-state index contributed by atoms with van der Waals surface area (Å²) >= 11 is 0. The lowest BCUT2D eigenvalue weighted by molar-refractivity contribution is -0.124. The van der Waals surface area contributed by atoms with E-state index in [9.17, 15) is 14.7 Å². The molecule has 0 spiro atoms. The lowest BCUT2D eigenvalue weighted by atomic mass is 9.89. The Morgan fingerprint density at radius 1 is 1.12 bits per heavy atom. The van der Waals surface area contributed by atoms with Crippen LogP contribution in [0.5, 0.6) is 5.75 Å². The van der Waals surface area contributed by atoms with Crippen molar-refractivity contribution in [1.29, 1.82) is 0 Å². The third-order valence-electron chi connectivity index (χ3n) is 4.71. The predicted octanol–water partition coefficient (Wildman–Crippen LogP) is 3.31. The summed E-state index contributed by atoms with van der Waals surface area (Å²) in [6, 6.07) is 12.3. The second-order valence-corrected chi connectivity index (χ2v) is 6.62. The summed E-state index contributed by atoms with van der Waals surface area (Å²) in [7, 11) is 0. The van der Waals surface area contributed by atoms with Gasteiger partial charge in [-0.05, 0) is 61.4 Å². The predicted molar refractivity (Wildman–Crippen MR) is 98.0 cm³/mol. The Bertz CT molecular complexity index is 815. The van der Waals surface area contributed by atoms with Gasteiger partial charge < -0.3 is 15.2 Å². The third-order valence-corrected chi connectivity index (χ3v) is 4.71. The Hall–Kier alpha value is -2.82. The van der Waals surface area contributed by atoms with Gasteiger partial charge in [0, 0.05) is 0 Å². The average Bonchev–Trinajstić information content (AvgIpc) is 2.66. The zero-order chi connectivity index (χ0) is 18.5. The summed E-state index contributed by atoms with van der Waals surface area (Å²) in [5, 5.41) is 12.5. The highest BCUT2D eigenvalue weighted by Gasteiger charge is 2.17. The van der Waals surface area contributed by atoms with Crippen molar-refractivity contribution in [3.05, 3.63) is 64.7 Å². The zero-order valence-electron chi connectivity index (χ0n) is 14.8. The quantitative estimate of drug-likeness (QED) is 0.809. The number of rotatable bonds is 5. The summed E-state index contributed by atoms with van der Waals surface area (Å²) in [6.07, 6.45) is 4.65. The molecule has 0 fully saturated rings. The number of hydrogen-bond acceptors (Lipinski definition) is 4. The number of aryl methyl sites for hydroxylation is 2. The van der Waals surface area contributed by atoms with Gasteiger partial charge in [0.25, 0.3) is 5.91 Å². The zero-order valence-corrected chi connectivity index (χ0v) is 14.8. The third kappa shape index (κ3) is 4.23. The molecule has 0 aromatic heterocycles. The molecule has 1 atom stereocenters. The van der Waals surface area contributed by atoms with E-state index in [2.05, 4.69) is 17.4 Å². The van der Waals surface area contributed by atoms with Gasteiger partial charge in [-0.25, -0.2) is 4.79 Å². The molecule has 5 nitrogen and oxygen atoms in total. The van der Waals surface area contributed by atoms with Crippen molar-refractivity contribution in [2.24, 2.45) is 0 Å². The van der Waals surface area contributed by atoms with Crippen LogP contribution in [-0.4, -0.2) is 23.6 Å². The van der Waals surface area contributed by atoms with Gasteiger partial charge in [-0.3, -0.25) is 4.79 Å². The molecule has 0 saturated heterocycles. The Kier molecular flexibility index (Phi) is 5.56. The van der Waals surface area contributed by atoms with Crippen molar-refractivity contribution < 1.29 is 19.4 Å². The van der Waals surface area contributed by atoms with Crippen LogP contribution in [0.1, 0.15) is 52.9 Å². The molecule has 3 rings (SSSR count). The van der Waals surface area contributed by atoms with E-state index in [0.29, 0.717) is 0 Å². The first-order valence-electron chi connectivity index (χ1n) is 8.91. The molecule has 1 aliphatic carbocycles. The number of nitrogens with one attached hydrogen (secondary N) is 1. The monoisotopic (exact) mass is 353 g/mol. The number of ether oxygens (including phenoxy) is 1. The highest BCUT2D eigenvalue weighted by molar-refractivity contribution is 5.93. The van der Waals surface area contributed by atoms with E-state index >= 15 is 0 Å². The molecule has 0 saturated carbocycles. The van der Waals surface area contributed by atoms with Crippen LogP contribution in [-0.2, 0) is 22.4 Å². The van der Waals surface area contributed by atoms with Crippen LogP contribution >= 0.6 is 0 Å². The van der Waals surface area contributed by atoms with Crippen LogP contribution in [0, 0.1) is 0 Å². The molecule has 1 amide bonds. The lowest BCUT2D eigenvalue weighted by Gasteiger charge is -2.20. The van der Waals surface area contributed by atoms with Crippen LogP contribution < -0.4 is 5.32 Å². The topological polar surface area (TPSA) is 75.6 Å². The van der Waals surface area contributed by atoms with Crippen molar-refractivity contribution in [2.45, 2.75) is 38.6 Å². The largest absolute Gasteiger partial charge is 0.507 e. The Balaban J connectivity index is 1.54. The molecule has 2 N–H and O–H groups in total. The maximum Gasteiger partial charge on any atom is 0.342 e. The minimum absolute atomic E-state index is 0.0445. The summed E-state index contributed by atoms with van der Waals surface area (Å²) in [6.45, 7) is 1.52. The maximum atomic E-state index is 12.1. The Morgan fingerprint density at radius 2 is 1.85 bits per heavy atom. The van der Waals surface area contributed by atoms with Gasteiger partial charge in [-0.1, -0.05) is 30.3 Å². The smallest absolute Gasteiger partial charge is 0.342 e. The Morgan fingerprint density at radius 3 is 2.62 bits per heavy atom. The number of amides is 1. The van der Waals surface area contributed by atoms with Gasteiger partial charge in [0.05, 0.1) is 6.04 Å². The van der Waals surface area contributed by atoms with Crippen LogP contribution in [0.2, 0.25) is 0 Å². The van der Waals surface area contributed by atoms with Crippen LogP contribution in [0.25, 0.3) is 0 Å². The molecule has 0 heterocycles. The van der Waals surface area contributed by atoms with E-state index in [4.69, 9.17) is 4.74 Å². The number of aromatic hydroxyl groups is 1. The van der Waals surface area contributed by atoms with E-state index in [1.807, 2.05) is 13.0 Å². The molecule has 2 aromatic carbocycles. The van der Waals surface area contributed by atoms with Crippen molar-refractivity contribution in [3.63, 3.8) is 0 Å². The molecular weight excluding hydrogens is 330 g/mol. The molecular formula is C21H23NO4. The highest BCUT2D eigenvalue weighted by atomic mass is 16.5. The standard InChI is InChI=1S/C21H23NO4/c1-14(16-11-10-15-6-2-3-7-17(15)12-16)22-20(24)13-26-21(25)18-8-4-5-9-19(18)23/h4-5,8-12,14,23H,2-3,6-7,13H2,1H3,(H,22,24)/t14-/m0/s1. The van der Waals surface area contributed by atoms with Gasteiger partial charge in [-0.2, -0.15) is 0 Å². The molecule has 0 aliphatic heterocycles. The first kappa shape index (κ1) is 18.0. The number of benzene rings is 2. The summed E-state index contributed by atoms with van der Waals surface area (Å²) in [5.41, 5.74) is 3.85. The molecule has 0 radical (unpaired) electrons. The highest BCUT2D eigenvalue weighted by Crippen LogP contribution is 2.24. The number of carbonyl (C=O) groups excluding carboxylic acids is 2. The number of phenols is 1. The van der Waals surface area contributed by atoms with Gasteiger partial charge in [0.1, 0.15) is 11.3 Å². The fourth-order valence-corrected chi connectivity index (χ4v) is 3.24. The first-order chi connectivity index (χ1) is 12.5. The molecule has 136 valence electrons. The first-order valence-corrected chi connectivity index (χ1v) is 8.91. The van der Waals surface area contributed by atoms with Crippen LogP contribution in [0.15, 0.2) is 42.5 Å². The SMILES string of the molecule is C[C@H](NC(=O)COC(=O)c1ccccc1O)c1ccc2c(c1)CCCC2. The molecule has 1 aliphatic rings. The van der Waals surface area contributed by atoms with Crippen LogP contribution in [0.4, 0.5) is 0 Å². The van der Waals surface area contributed by atoms with E-state index in [0.717, 1.165) is 18.4 Å². The lowest BCUT2D eigenvalue weighted by Crippen LogP contribution is -2.31. The number of hydrogen-bond donors (Lipinski definition) is 2. The normalized spacial score (nSPS) is 14.2. The number of esters is 1. The molecule has 0 bridgehead atoms. The minimum Gasteiger partial charge on any atom is -0.507 e. The summed E-state index contributed by atoms with van der Waals surface area (Å²) < 4.78 is 4.99. The van der Waals surface area contributed by atoms with Gasteiger partial charge in [0.15, 0.2) is 6.61 Å². The van der Waals surface area contributed by atoms with E-state index in [1.54, 1.807) is 12.1 Å². The number of carbonyl (C=O) groups is 2. The van der Waals surface area contributed by atoms with Gasteiger partial charge >= 0.3 is 5.97 Å². The van der Waals surface area contributed by atoms with Crippen molar-refractivity contribution in [2.75, 3.05) is 6.61 Å². The molecule has 2 aromatic rings. The molecule has 0 unspecified atom stereocenters. The number of phenolic OH excluding ortho intramolecular Hbond substituents is 1. The summed E-state index contributed by atoms with van der Waals surface area (Å²) in [5.74, 6) is -1.26. The fourth-order valence-electron chi connectivity index (χ4n) is 3.24. The second-order valence-electron chi connectivity index (χ2n) is 6.62. The molecule has 26 heavy (non-hydrogen) atoms. The van der Waals surface area contributed by atoms with Crippen LogP contribution in [0.3, 0.4) is 0 Å². The number of fused-ring (bicyclic) bond motifs is 1. The van der Waals surface area contributed by atoms with Crippen molar-refractivity contribution in [1.82, 2.24) is 5.32 Å². The van der Waals surface area contributed by atoms with E-state index < -0.39 is 5.97 Å². The fraction of sp³-hybridized carbons (Fsp3) is 0.333. The average molecular weight is 353 g/mol. The van der Waals surface area contributed by atoms with E-state index in [1.165, 1.54) is 36.1 Å². The second kappa shape index (κ2) is 8.04. The number of para-hydroxylation sites is 1.